The largest absolute Gasteiger partial charge is 0.479 e. The number of ether oxygens (including phenoxy) is 1. The molecule has 0 fully saturated rings. The van der Waals surface area contributed by atoms with Gasteiger partial charge in [-0.1, -0.05) is 82.9 Å². The van der Waals surface area contributed by atoms with Gasteiger partial charge in [0.25, 0.3) is 0 Å². The van der Waals surface area contributed by atoms with E-state index in [9.17, 15) is 4.79 Å². The van der Waals surface area contributed by atoms with Gasteiger partial charge in [-0.05, 0) is 18.9 Å². The number of carboxylic acid groups (broad SMARTS) is 1. The summed E-state index contributed by atoms with van der Waals surface area (Å²) < 4.78 is 4.80. The van der Waals surface area contributed by atoms with Gasteiger partial charge in [0.15, 0.2) is 6.10 Å². The second-order valence-electron chi connectivity index (χ2n) is 5.78. The second kappa shape index (κ2) is 16.3. The normalized spacial score (nSPS) is 13.2. The molecule has 0 bridgehead atoms. The van der Waals surface area contributed by atoms with Gasteiger partial charge in [0, 0.05) is 7.11 Å². The molecule has 0 rings (SSSR count). The molecule has 0 aromatic carbocycles. The van der Waals surface area contributed by atoms with E-state index in [0.29, 0.717) is 0 Å². The topological polar surface area (TPSA) is 46.5 Å². The fourth-order valence-electron chi connectivity index (χ4n) is 2.35. The summed E-state index contributed by atoms with van der Waals surface area (Å²) in [5, 5.41) is 8.78. The van der Waals surface area contributed by atoms with E-state index >= 15 is 0 Å². The quantitative estimate of drug-likeness (QED) is 0.320. The Hall–Kier alpha value is -1.09. The summed E-state index contributed by atoms with van der Waals surface area (Å²) in [5.41, 5.74) is 0. The molecule has 0 saturated carbocycles. The van der Waals surface area contributed by atoms with Gasteiger partial charge < -0.3 is 9.84 Å². The van der Waals surface area contributed by atoms with Crippen molar-refractivity contribution in [3.63, 3.8) is 0 Å². The summed E-state index contributed by atoms with van der Waals surface area (Å²) in [5.74, 6) is -0.957. The van der Waals surface area contributed by atoms with Crippen molar-refractivity contribution >= 4 is 5.97 Å². The zero-order chi connectivity index (χ0) is 16.5. The maximum absolute atomic E-state index is 10.7. The molecule has 0 aliphatic rings. The van der Waals surface area contributed by atoms with Crippen molar-refractivity contribution in [1.29, 1.82) is 0 Å². The van der Waals surface area contributed by atoms with Crippen LogP contribution in [-0.2, 0) is 9.53 Å². The highest BCUT2D eigenvalue weighted by atomic mass is 16.5. The predicted octanol–water partition coefficient (Wildman–Crippen LogP) is 5.51. The van der Waals surface area contributed by atoms with Crippen LogP contribution < -0.4 is 0 Å². The zero-order valence-electron chi connectivity index (χ0n) is 14.4. The van der Waals surface area contributed by atoms with E-state index in [0.717, 1.165) is 6.42 Å². The molecule has 3 heteroatoms. The van der Waals surface area contributed by atoms with Crippen LogP contribution in [0.5, 0.6) is 0 Å². The predicted molar refractivity (Wildman–Crippen MR) is 93.2 cm³/mol. The van der Waals surface area contributed by atoms with E-state index in [1.165, 1.54) is 71.3 Å². The Morgan fingerprint density at radius 2 is 1.50 bits per heavy atom. The summed E-state index contributed by atoms with van der Waals surface area (Å²) in [4.78, 5) is 10.7. The molecule has 0 heterocycles. The highest BCUT2D eigenvalue weighted by Gasteiger charge is 2.10. The van der Waals surface area contributed by atoms with Crippen LogP contribution in [0.2, 0.25) is 0 Å². The highest BCUT2D eigenvalue weighted by molar-refractivity contribution is 5.74. The molecule has 0 aliphatic carbocycles. The van der Waals surface area contributed by atoms with Crippen LogP contribution in [0.15, 0.2) is 24.3 Å². The van der Waals surface area contributed by atoms with Crippen LogP contribution in [0.1, 0.15) is 77.6 Å². The van der Waals surface area contributed by atoms with Crippen LogP contribution in [0.3, 0.4) is 0 Å². The molecular weight excluding hydrogens is 276 g/mol. The minimum atomic E-state index is -0.957. The molecule has 0 aromatic heterocycles. The number of rotatable bonds is 15. The number of hydrogen-bond acceptors (Lipinski definition) is 2. The summed E-state index contributed by atoms with van der Waals surface area (Å²) in [6, 6.07) is 0. The number of carbonyl (C=O) groups is 1. The fraction of sp³-hybridized carbons (Fsp3) is 0.737. The average Bonchev–Trinajstić information content (AvgIpc) is 2.51. The minimum Gasteiger partial charge on any atom is -0.479 e. The van der Waals surface area contributed by atoms with Gasteiger partial charge in [-0.25, -0.2) is 4.79 Å². The van der Waals surface area contributed by atoms with Crippen LogP contribution in [0.4, 0.5) is 0 Å². The first-order valence-corrected chi connectivity index (χ1v) is 8.81. The summed E-state index contributed by atoms with van der Waals surface area (Å²) in [7, 11) is 1.40. The molecule has 1 unspecified atom stereocenters. The standard InChI is InChI=1S/C19H34O3/c1-3-4-5-6-7-8-9-10-11-12-13-14-15-16-17-18(22-2)19(20)21/h14-18H,3-13H2,1-2H3,(H,20,21)/b15-14-,17-16-. The Balaban J connectivity index is 3.37. The Morgan fingerprint density at radius 1 is 0.955 bits per heavy atom. The third kappa shape index (κ3) is 13.9. The zero-order valence-corrected chi connectivity index (χ0v) is 14.4. The van der Waals surface area contributed by atoms with Gasteiger partial charge in [-0.15, -0.1) is 0 Å². The maximum atomic E-state index is 10.7. The summed E-state index contributed by atoms with van der Waals surface area (Å²) in [6.07, 6.45) is 21.0. The smallest absolute Gasteiger partial charge is 0.336 e. The van der Waals surface area contributed by atoms with Gasteiger partial charge in [0.2, 0.25) is 0 Å². The molecule has 0 aliphatic heterocycles. The molecule has 0 saturated heterocycles. The number of methoxy groups -OCH3 is 1. The first-order chi connectivity index (χ1) is 10.7. The Labute approximate surface area is 136 Å². The Morgan fingerprint density at radius 3 is 2.00 bits per heavy atom. The van der Waals surface area contributed by atoms with Gasteiger partial charge in [0.05, 0.1) is 0 Å². The third-order valence-corrected chi connectivity index (χ3v) is 3.75. The summed E-state index contributed by atoms with van der Waals surface area (Å²) in [6.45, 7) is 2.26. The van der Waals surface area contributed by atoms with Gasteiger partial charge in [0.1, 0.15) is 0 Å². The fourth-order valence-corrected chi connectivity index (χ4v) is 2.35. The average molecular weight is 310 g/mol. The molecule has 128 valence electrons. The van der Waals surface area contributed by atoms with Crippen molar-refractivity contribution in [3.8, 4) is 0 Å². The van der Waals surface area contributed by atoms with E-state index in [2.05, 4.69) is 13.0 Å². The van der Waals surface area contributed by atoms with Crippen molar-refractivity contribution in [2.24, 2.45) is 0 Å². The van der Waals surface area contributed by atoms with Crippen molar-refractivity contribution in [2.45, 2.75) is 83.7 Å². The van der Waals surface area contributed by atoms with Crippen LogP contribution in [0, 0.1) is 0 Å². The number of hydrogen-bond donors (Lipinski definition) is 1. The van der Waals surface area contributed by atoms with Crippen molar-refractivity contribution in [1.82, 2.24) is 0 Å². The van der Waals surface area contributed by atoms with Crippen molar-refractivity contribution < 1.29 is 14.6 Å². The maximum Gasteiger partial charge on any atom is 0.336 e. The van der Waals surface area contributed by atoms with E-state index < -0.39 is 12.1 Å². The number of carboxylic acids is 1. The lowest BCUT2D eigenvalue weighted by Crippen LogP contribution is -2.19. The molecule has 0 spiro atoms. The van der Waals surface area contributed by atoms with Crippen LogP contribution in [0.25, 0.3) is 0 Å². The molecule has 0 aromatic rings. The van der Waals surface area contributed by atoms with Crippen molar-refractivity contribution in [2.75, 3.05) is 7.11 Å². The van der Waals surface area contributed by atoms with Gasteiger partial charge in [-0.3, -0.25) is 0 Å². The Kier molecular flexibility index (Phi) is 15.5. The minimum absolute atomic E-state index is 0.845. The number of aliphatic carboxylic acids is 1. The molecular formula is C19H34O3. The molecule has 0 amide bonds. The molecule has 22 heavy (non-hydrogen) atoms. The van der Waals surface area contributed by atoms with Gasteiger partial charge >= 0.3 is 5.97 Å². The van der Waals surface area contributed by atoms with E-state index in [1.807, 2.05) is 6.08 Å². The van der Waals surface area contributed by atoms with E-state index in [1.54, 1.807) is 12.2 Å². The van der Waals surface area contributed by atoms with Crippen LogP contribution in [-0.4, -0.2) is 24.3 Å². The van der Waals surface area contributed by atoms with E-state index in [4.69, 9.17) is 9.84 Å². The Bertz CT molecular complexity index is 308. The lowest BCUT2D eigenvalue weighted by atomic mass is 10.1. The SMILES string of the molecule is CCCCCCCCCCCC/C=C\C=C/C(OC)C(=O)O. The highest BCUT2D eigenvalue weighted by Crippen LogP contribution is 2.11. The van der Waals surface area contributed by atoms with Crippen molar-refractivity contribution in [3.05, 3.63) is 24.3 Å². The van der Waals surface area contributed by atoms with E-state index in [-0.39, 0.29) is 0 Å². The lowest BCUT2D eigenvalue weighted by molar-refractivity contribution is -0.145. The lowest BCUT2D eigenvalue weighted by Gasteiger charge is -2.02. The number of allylic oxidation sites excluding steroid dienone is 3. The third-order valence-electron chi connectivity index (χ3n) is 3.75. The summed E-state index contributed by atoms with van der Waals surface area (Å²) >= 11 is 0. The molecule has 3 nitrogen and oxygen atoms in total. The first kappa shape index (κ1) is 20.9. The van der Waals surface area contributed by atoms with Crippen LogP contribution >= 0.6 is 0 Å². The molecule has 1 atom stereocenters. The first-order valence-electron chi connectivity index (χ1n) is 8.81. The monoisotopic (exact) mass is 310 g/mol. The number of unbranched alkanes of at least 4 members (excludes halogenated alkanes) is 10. The molecule has 1 N–H and O–H groups in total. The second-order valence-corrected chi connectivity index (χ2v) is 5.78. The van der Waals surface area contributed by atoms with Gasteiger partial charge in [-0.2, -0.15) is 0 Å². The molecule has 0 radical (unpaired) electrons.